The van der Waals surface area contributed by atoms with Gasteiger partial charge in [0.2, 0.25) is 0 Å². The second-order valence-electron chi connectivity index (χ2n) is 7.93. The van der Waals surface area contributed by atoms with Gasteiger partial charge in [-0.25, -0.2) is 9.18 Å². The van der Waals surface area contributed by atoms with E-state index in [1.54, 1.807) is 24.3 Å². The van der Waals surface area contributed by atoms with Crippen molar-refractivity contribution in [1.82, 2.24) is 0 Å². The zero-order valence-corrected chi connectivity index (χ0v) is 16.5. The van der Waals surface area contributed by atoms with E-state index in [9.17, 15) is 9.18 Å². The van der Waals surface area contributed by atoms with Crippen LogP contribution in [-0.2, 0) is 12.8 Å². The Morgan fingerprint density at radius 3 is 2.21 bits per heavy atom. The topological polar surface area (TPSA) is 35.5 Å². The van der Waals surface area contributed by atoms with Crippen molar-refractivity contribution in [3.8, 4) is 11.5 Å². The summed E-state index contributed by atoms with van der Waals surface area (Å²) in [4.78, 5) is 12.4. The minimum atomic E-state index is -0.595. The maximum Gasteiger partial charge on any atom is 0.343 e. The van der Waals surface area contributed by atoms with Crippen LogP contribution in [0.15, 0.2) is 72.8 Å². The van der Waals surface area contributed by atoms with Crippen LogP contribution in [0.5, 0.6) is 11.5 Å². The number of hydrogen-bond donors (Lipinski definition) is 0. The summed E-state index contributed by atoms with van der Waals surface area (Å²) >= 11 is 0. The number of carbonyl (C=O) groups is 1. The molecule has 0 heterocycles. The van der Waals surface area contributed by atoms with Crippen molar-refractivity contribution in [2.75, 3.05) is 0 Å². The van der Waals surface area contributed by atoms with Crippen molar-refractivity contribution in [2.45, 2.75) is 32.3 Å². The molecule has 0 unspecified atom stereocenters. The van der Waals surface area contributed by atoms with Crippen LogP contribution in [0, 0.1) is 11.7 Å². The van der Waals surface area contributed by atoms with E-state index in [1.807, 2.05) is 32.0 Å². The number of para-hydroxylation sites is 1. The highest BCUT2D eigenvalue weighted by atomic mass is 19.1. The quantitative estimate of drug-likeness (QED) is 0.419. The van der Waals surface area contributed by atoms with Crippen LogP contribution in [0.4, 0.5) is 4.39 Å². The van der Waals surface area contributed by atoms with Gasteiger partial charge in [-0.3, -0.25) is 0 Å². The summed E-state index contributed by atoms with van der Waals surface area (Å²) < 4.78 is 25.9. The molecule has 0 N–H and O–H groups in total. The zero-order valence-electron chi connectivity index (χ0n) is 16.5. The smallest absolute Gasteiger partial charge is 0.343 e. The first-order valence-corrected chi connectivity index (χ1v) is 9.75. The molecule has 0 spiro atoms. The van der Waals surface area contributed by atoms with E-state index in [1.165, 1.54) is 29.3 Å². The number of esters is 1. The summed E-state index contributed by atoms with van der Waals surface area (Å²) in [6.45, 7) is 3.94. The van der Waals surface area contributed by atoms with Crippen LogP contribution in [-0.4, -0.2) is 11.6 Å². The van der Waals surface area contributed by atoms with Gasteiger partial charge in [-0.15, -0.1) is 0 Å². The van der Waals surface area contributed by atoms with Gasteiger partial charge in [0.25, 0.3) is 0 Å². The van der Waals surface area contributed by atoms with Gasteiger partial charge in [-0.1, -0.05) is 42.5 Å². The predicted molar refractivity (Wildman–Crippen MR) is 110 cm³/mol. The number of carbonyl (C=O) groups excluding carboxylic acids is 1. The summed E-state index contributed by atoms with van der Waals surface area (Å²) in [7, 11) is 0. The van der Waals surface area contributed by atoms with E-state index < -0.39 is 17.4 Å². The molecule has 1 aliphatic rings. The Balaban J connectivity index is 1.51. The monoisotopic (exact) mass is 390 g/mol. The fourth-order valence-corrected chi connectivity index (χ4v) is 3.78. The maximum atomic E-state index is 14.5. The molecule has 0 fully saturated rings. The Morgan fingerprint density at radius 1 is 0.931 bits per heavy atom. The fraction of sp³-hybridized carbons (Fsp3) is 0.240. The molecule has 4 heteroatoms. The summed E-state index contributed by atoms with van der Waals surface area (Å²) in [5.41, 5.74) is 2.28. The molecule has 0 radical (unpaired) electrons. The third-order valence-electron chi connectivity index (χ3n) is 5.53. The highest BCUT2D eigenvalue weighted by Gasteiger charge is 2.36. The Kier molecular flexibility index (Phi) is 5.10. The molecule has 29 heavy (non-hydrogen) atoms. The number of rotatable bonds is 5. The van der Waals surface area contributed by atoms with Crippen molar-refractivity contribution in [1.29, 1.82) is 0 Å². The molecule has 3 aromatic carbocycles. The molecular formula is C25H23FO3. The number of benzene rings is 3. The van der Waals surface area contributed by atoms with Crippen LogP contribution in [0.2, 0.25) is 0 Å². The van der Waals surface area contributed by atoms with Crippen molar-refractivity contribution < 1.29 is 18.7 Å². The lowest BCUT2D eigenvalue weighted by molar-refractivity contribution is 0.0436. The van der Waals surface area contributed by atoms with Gasteiger partial charge >= 0.3 is 5.97 Å². The van der Waals surface area contributed by atoms with Gasteiger partial charge < -0.3 is 9.47 Å². The predicted octanol–water partition coefficient (Wildman–Crippen LogP) is 5.62. The SMILES string of the molecule is CC(C)(Oc1cc(C(=O)Oc2ccccc2)ccc1F)C1Cc2ccccc2C1. The fourth-order valence-electron chi connectivity index (χ4n) is 3.78. The first-order valence-electron chi connectivity index (χ1n) is 9.75. The highest BCUT2D eigenvalue weighted by Crippen LogP contribution is 2.37. The molecule has 3 aromatic rings. The largest absolute Gasteiger partial charge is 0.484 e. The molecule has 148 valence electrons. The number of hydrogen-bond acceptors (Lipinski definition) is 3. The molecule has 0 amide bonds. The van der Waals surface area contributed by atoms with E-state index in [-0.39, 0.29) is 17.2 Å². The van der Waals surface area contributed by atoms with Gasteiger partial charge in [-0.05, 0) is 68.1 Å². The van der Waals surface area contributed by atoms with Gasteiger partial charge in [0, 0.05) is 5.92 Å². The van der Waals surface area contributed by atoms with Gasteiger partial charge in [0.1, 0.15) is 11.4 Å². The van der Waals surface area contributed by atoms with E-state index in [0.29, 0.717) is 5.75 Å². The molecule has 0 aliphatic heterocycles. The summed E-state index contributed by atoms with van der Waals surface area (Å²) in [6, 6.07) is 21.2. The van der Waals surface area contributed by atoms with E-state index in [0.717, 1.165) is 12.8 Å². The van der Waals surface area contributed by atoms with Crippen molar-refractivity contribution in [3.63, 3.8) is 0 Å². The maximum absolute atomic E-state index is 14.5. The Morgan fingerprint density at radius 2 is 1.55 bits per heavy atom. The highest BCUT2D eigenvalue weighted by molar-refractivity contribution is 5.91. The Labute approximate surface area is 170 Å². The van der Waals surface area contributed by atoms with Crippen LogP contribution >= 0.6 is 0 Å². The summed E-state index contributed by atoms with van der Waals surface area (Å²) in [5.74, 6) is -0.321. The Bertz CT molecular complexity index is 1000. The average molecular weight is 390 g/mol. The molecule has 4 rings (SSSR count). The first kappa shape index (κ1) is 19.2. The molecule has 0 aromatic heterocycles. The van der Waals surface area contributed by atoms with Gasteiger partial charge in [-0.2, -0.15) is 0 Å². The summed E-state index contributed by atoms with van der Waals surface area (Å²) in [5, 5.41) is 0. The first-order chi connectivity index (χ1) is 13.9. The van der Waals surface area contributed by atoms with Crippen molar-refractivity contribution >= 4 is 5.97 Å². The Hall–Kier alpha value is -3.14. The minimum Gasteiger partial charge on any atom is -0.484 e. The number of ether oxygens (including phenoxy) is 2. The second-order valence-corrected chi connectivity index (χ2v) is 7.93. The van der Waals surface area contributed by atoms with E-state index in [4.69, 9.17) is 9.47 Å². The lowest BCUT2D eigenvalue weighted by atomic mass is 9.88. The van der Waals surface area contributed by atoms with Gasteiger partial charge in [0.05, 0.1) is 5.56 Å². The lowest BCUT2D eigenvalue weighted by Gasteiger charge is -2.32. The third kappa shape index (κ3) is 4.16. The molecule has 0 bridgehead atoms. The van der Waals surface area contributed by atoms with Crippen molar-refractivity contribution in [2.24, 2.45) is 5.92 Å². The second kappa shape index (κ2) is 7.70. The lowest BCUT2D eigenvalue weighted by Crippen LogP contribution is -2.38. The summed E-state index contributed by atoms with van der Waals surface area (Å²) in [6.07, 6.45) is 1.78. The number of fused-ring (bicyclic) bond motifs is 1. The minimum absolute atomic E-state index is 0.0634. The molecule has 1 aliphatic carbocycles. The standard InChI is InChI=1S/C25H23FO3/c1-25(2,20-14-17-8-6-7-9-18(17)15-20)29-23-16-19(12-13-22(23)26)24(27)28-21-10-4-3-5-11-21/h3-13,16,20H,14-15H2,1-2H3. The molecule has 3 nitrogen and oxygen atoms in total. The van der Waals surface area contributed by atoms with E-state index >= 15 is 0 Å². The van der Waals surface area contributed by atoms with Crippen LogP contribution in [0.25, 0.3) is 0 Å². The zero-order chi connectivity index (χ0) is 20.4. The van der Waals surface area contributed by atoms with Crippen LogP contribution < -0.4 is 9.47 Å². The molecule has 0 atom stereocenters. The molecular weight excluding hydrogens is 367 g/mol. The van der Waals surface area contributed by atoms with Crippen LogP contribution in [0.3, 0.4) is 0 Å². The van der Waals surface area contributed by atoms with Crippen LogP contribution in [0.1, 0.15) is 35.3 Å². The molecule has 0 saturated heterocycles. The van der Waals surface area contributed by atoms with Gasteiger partial charge in [0.15, 0.2) is 11.6 Å². The normalized spacial score (nSPS) is 13.8. The van der Waals surface area contributed by atoms with E-state index in [2.05, 4.69) is 12.1 Å². The molecule has 0 saturated carbocycles. The number of halogens is 1. The van der Waals surface area contributed by atoms with Crippen molar-refractivity contribution in [3.05, 3.63) is 95.3 Å². The average Bonchev–Trinajstić information content (AvgIpc) is 3.15. The third-order valence-corrected chi connectivity index (χ3v) is 5.53.